The number of esters is 1. The van der Waals surface area contributed by atoms with Crippen molar-refractivity contribution in [3.8, 4) is 0 Å². The fourth-order valence-corrected chi connectivity index (χ4v) is 2.44. The molecule has 4 nitrogen and oxygen atoms in total. The number of aliphatic hydroxyl groups is 1. The third-order valence-electron chi connectivity index (χ3n) is 3.67. The molecule has 1 atom stereocenters. The summed E-state index contributed by atoms with van der Waals surface area (Å²) in [7, 11) is 0. The van der Waals surface area contributed by atoms with Crippen LogP contribution in [-0.2, 0) is 14.3 Å². The molecule has 0 aromatic heterocycles. The SMILES string of the molecule is CCCCCCCCC1CC(=O)C(=C(O)CC)C(=O)O1. The molecule has 0 bridgehead atoms. The van der Waals surface area contributed by atoms with Crippen molar-refractivity contribution >= 4 is 11.8 Å². The van der Waals surface area contributed by atoms with Gasteiger partial charge in [-0.25, -0.2) is 4.79 Å². The van der Waals surface area contributed by atoms with Crippen molar-refractivity contribution in [2.24, 2.45) is 0 Å². The predicted molar refractivity (Wildman–Crippen MR) is 77.4 cm³/mol. The fraction of sp³-hybridized carbons (Fsp3) is 0.750. The van der Waals surface area contributed by atoms with Crippen LogP contribution in [0.4, 0.5) is 0 Å². The molecule has 114 valence electrons. The average molecular weight is 282 g/mol. The van der Waals surface area contributed by atoms with E-state index in [4.69, 9.17) is 4.74 Å². The van der Waals surface area contributed by atoms with E-state index in [1.165, 1.54) is 25.7 Å². The van der Waals surface area contributed by atoms with E-state index < -0.39 is 5.97 Å². The van der Waals surface area contributed by atoms with Crippen molar-refractivity contribution in [1.29, 1.82) is 0 Å². The maximum absolute atomic E-state index is 11.9. The molecule has 1 aliphatic rings. The molecule has 1 heterocycles. The highest BCUT2D eigenvalue weighted by Crippen LogP contribution is 2.23. The van der Waals surface area contributed by atoms with E-state index in [9.17, 15) is 14.7 Å². The lowest BCUT2D eigenvalue weighted by Crippen LogP contribution is -2.33. The molecule has 0 amide bonds. The van der Waals surface area contributed by atoms with E-state index in [2.05, 4.69) is 6.92 Å². The van der Waals surface area contributed by atoms with Crippen molar-refractivity contribution in [2.75, 3.05) is 0 Å². The largest absolute Gasteiger partial charge is 0.511 e. The second-order valence-corrected chi connectivity index (χ2v) is 5.39. The number of hydrogen-bond donors (Lipinski definition) is 1. The monoisotopic (exact) mass is 282 g/mol. The minimum Gasteiger partial charge on any atom is -0.511 e. The van der Waals surface area contributed by atoms with Crippen LogP contribution in [0, 0.1) is 0 Å². The van der Waals surface area contributed by atoms with Gasteiger partial charge in [-0.2, -0.15) is 0 Å². The highest BCUT2D eigenvalue weighted by Gasteiger charge is 2.33. The van der Waals surface area contributed by atoms with Crippen LogP contribution in [0.1, 0.15) is 71.6 Å². The van der Waals surface area contributed by atoms with E-state index in [1.54, 1.807) is 6.92 Å². The quantitative estimate of drug-likeness (QED) is 0.241. The molecule has 1 saturated heterocycles. The van der Waals surface area contributed by atoms with E-state index in [1.807, 2.05) is 0 Å². The standard InChI is InChI=1S/C16H26O4/c1-3-5-6-7-8-9-10-12-11-14(18)15(13(17)4-2)16(19)20-12/h12,17H,3-11H2,1-2H3. The molecule has 0 spiro atoms. The van der Waals surface area contributed by atoms with Gasteiger partial charge in [-0.15, -0.1) is 0 Å². The van der Waals surface area contributed by atoms with Gasteiger partial charge in [0.1, 0.15) is 17.4 Å². The predicted octanol–water partition coefficient (Wildman–Crippen LogP) is 3.84. The number of ketones is 1. The zero-order chi connectivity index (χ0) is 15.0. The molecular formula is C16H26O4. The van der Waals surface area contributed by atoms with Crippen LogP contribution in [0.25, 0.3) is 0 Å². The molecule has 0 aromatic rings. The highest BCUT2D eigenvalue weighted by molar-refractivity contribution is 6.19. The van der Waals surface area contributed by atoms with Crippen LogP contribution in [-0.4, -0.2) is 23.0 Å². The molecule has 1 unspecified atom stereocenters. The highest BCUT2D eigenvalue weighted by atomic mass is 16.5. The minimum atomic E-state index is -0.656. The first kappa shape index (κ1) is 16.7. The Morgan fingerprint density at radius 3 is 2.40 bits per heavy atom. The summed E-state index contributed by atoms with van der Waals surface area (Å²) >= 11 is 0. The summed E-state index contributed by atoms with van der Waals surface area (Å²) in [6, 6.07) is 0. The van der Waals surface area contributed by atoms with Crippen LogP contribution in [0.5, 0.6) is 0 Å². The van der Waals surface area contributed by atoms with Crippen LogP contribution in [0.3, 0.4) is 0 Å². The number of ether oxygens (including phenoxy) is 1. The zero-order valence-electron chi connectivity index (χ0n) is 12.6. The van der Waals surface area contributed by atoms with Gasteiger partial charge in [0.15, 0.2) is 5.78 Å². The maximum Gasteiger partial charge on any atom is 0.345 e. The van der Waals surface area contributed by atoms with E-state index in [-0.39, 0.29) is 36.1 Å². The first-order valence-electron chi connectivity index (χ1n) is 7.76. The summed E-state index contributed by atoms with van der Waals surface area (Å²) in [6.07, 6.45) is 7.95. The normalized spacial score (nSPS) is 21.8. The van der Waals surface area contributed by atoms with Gasteiger partial charge >= 0.3 is 5.97 Å². The molecule has 1 rings (SSSR count). The Morgan fingerprint density at radius 1 is 1.15 bits per heavy atom. The molecule has 1 aliphatic heterocycles. The lowest BCUT2D eigenvalue weighted by Gasteiger charge is -2.23. The van der Waals surface area contributed by atoms with Crippen LogP contribution >= 0.6 is 0 Å². The third kappa shape index (κ3) is 4.99. The maximum atomic E-state index is 11.9. The van der Waals surface area contributed by atoms with Crippen LogP contribution in [0.2, 0.25) is 0 Å². The second kappa shape index (κ2) is 8.77. The van der Waals surface area contributed by atoms with Gasteiger partial charge in [0.05, 0.1) is 0 Å². The first-order valence-corrected chi connectivity index (χ1v) is 7.76. The van der Waals surface area contributed by atoms with Crippen LogP contribution < -0.4 is 0 Å². The minimum absolute atomic E-state index is 0.147. The Morgan fingerprint density at radius 2 is 1.80 bits per heavy atom. The molecule has 20 heavy (non-hydrogen) atoms. The average Bonchev–Trinajstić information content (AvgIpc) is 2.41. The fourth-order valence-electron chi connectivity index (χ4n) is 2.44. The molecular weight excluding hydrogens is 256 g/mol. The third-order valence-corrected chi connectivity index (χ3v) is 3.67. The van der Waals surface area contributed by atoms with Gasteiger partial charge in [-0.05, 0) is 12.8 Å². The van der Waals surface area contributed by atoms with Gasteiger partial charge in [-0.3, -0.25) is 4.79 Å². The van der Waals surface area contributed by atoms with Crippen LogP contribution in [0.15, 0.2) is 11.3 Å². The molecule has 0 saturated carbocycles. The summed E-state index contributed by atoms with van der Waals surface area (Å²) < 4.78 is 5.24. The Hall–Kier alpha value is -1.32. The number of unbranched alkanes of at least 4 members (excludes halogenated alkanes) is 5. The van der Waals surface area contributed by atoms with Crippen molar-refractivity contribution in [2.45, 2.75) is 77.7 Å². The molecule has 0 aliphatic carbocycles. The number of aliphatic hydroxyl groups excluding tert-OH is 1. The number of hydrogen-bond acceptors (Lipinski definition) is 4. The van der Waals surface area contributed by atoms with Gasteiger partial charge in [-0.1, -0.05) is 46.0 Å². The van der Waals surface area contributed by atoms with Crippen molar-refractivity contribution in [3.63, 3.8) is 0 Å². The summed E-state index contributed by atoms with van der Waals surface area (Å²) in [4.78, 5) is 23.6. The van der Waals surface area contributed by atoms with E-state index >= 15 is 0 Å². The Balaban J connectivity index is 2.35. The first-order chi connectivity index (χ1) is 9.60. The summed E-state index contributed by atoms with van der Waals surface area (Å²) in [5.74, 6) is -1.09. The smallest absolute Gasteiger partial charge is 0.345 e. The number of cyclic esters (lactones) is 1. The summed E-state index contributed by atoms with van der Waals surface area (Å²) in [6.45, 7) is 3.88. The van der Waals surface area contributed by atoms with E-state index in [0.29, 0.717) is 0 Å². The lowest BCUT2D eigenvalue weighted by molar-refractivity contribution is -0.151. The second-order valence-electron chi connectivity index (χ2n) is 5.39. The molecule has 0 radical (unpaired) electrons. The van der Waals surface area contributed by atoms with Gasteiger partial charge in [0, 0.05) is 12.8 Å². The Bertz CT molecular complexity index is 351. The number of carbonyl (C=O) groups excluding carboxylic acids is 2. The van der Waals surface area contributed by atoms with Gasteiger partial charge < -0.3 is 9.84 Å². The topological polar surface area (TPSA) is 63.6 Å². The van der Waals surface area contributed by atoms with E-state index in [0.717, 1.165) is 19.3 Å². The molecule has 4 heteroatoms. The summed E-state index contributed by atoms with van der Waals surface area (Å²) in [5, 5.41) is 9.56. The molecule has 0 aromatic carbocycles. The van der Waals surface area contributed by atoms with Crippen molar-refractivity contribution in [1.82, 2.24) is 0 Å². The van der Waals surface area contributed by atoms with Gasteiger partial charge in [0.2, 0.25) is 0 Å². The Labute approximate surface area is 121 Å². The van der Waals surface area contributed by atoms with Gasteiger partial charge in [0.25, 0.3) is 0 Å². The summed E-state index contributed by atoms with van der Waals surface area (Å²) in [5.41, 5.74) is -0.147. The number of allylic oxidation sites excluding steroid dienone is 1. The lowest BCUT2D eigenvalue weighted by atomic mass is 9.96. The molecule has 1 fully saturated rings. The number of Topliss-reactive ketones (excluding diaryl/α,β-unsaturated/α-hetero) is 1. The molecule has 1 N–H and O–H groups in total. The zero-order valence-corrected chi connectivity index (χ0v) is 12.6. The van der Waals surface area contributed by atoms with Crippen molar-refractivity contribution in [3.05, 3.63) is 11.3 Å². The van der Waals surface area contributed by atoms with Crippen molar-refractivity contribution < 1.29 is 19.4 Å². The Kier molecular flexibility index (Phi) is 7.34. The number of rotatable bonds is 8. The number of carbonyl (C=O) groups is 2.